The van der Waals surface area contributed by atoms with Gasteiger partial charge in [0.2, 0.25) is 0 Å². The Bertz CT molecular complexity index is 2840. The number of para-hydroxylation sites is 5. The fourth-order valence-corrected chi connectivity index (χ4v) is 8.75. The van der Waals surface area contributed by atoms with Gasteiger partial charge in [-0.2, -0.15) is 0 Å². The van der Waals surface area contributed by atoms with E-state index < -0.39 is 5.41 Å². The Labute approximate surface area is 301 Å². The SMILES string of the molecule is c1ccc(-c2ccc3c(c2)Oc2ccccc2C32c3ccccc3Oc3cc(-c4cccc5c6ccccc6n(-c6ccccc6)c45)ccc32)cc1. The van der Waals surface area contributed by atoms with Crippen LogP contribution in [-0.4, -0.2) is 4.57 Å². The average Bonchev–Trinajstić information content (AvgIpc) is 3.56. The number of hydrogen-bond donors (Lipinski definition) is 0. The molecule has 0 fully saturated rings. The van der Waals surface area contributed by atoms with Crippen LogP contribution in [0.3, 0.4) is 0 Å². The van der Waals surface area contributed by atoms with Crippen LogP contribution in [0.5, 0.6) is 23.0 Å². The number of aromatic nitrogens is 1. The average molecular weight is 666 g/mol. The summed E-state index contributed by atoms with van der Waals surface area (Å²) in [4.78, 5) is 0. The van der Waals surface area contributed by atoms with Crippen molar-refractivity contribution in [2.45, 2.75) is 5.41 Å². The van der Waals surface area contributed by atoms with Gasteiger partial charge in [-0.25, -0.2) is 0 Å². The van der Waals surface area contributed by atoms with Crippen molar-refractivity contribution in [2.75, 3.05) is 0 Å². The summed E-state index contributed by atoms with van der Waals surface area (Å²) in [7, 11) is 0. The van der Waals surface area contributed by atoms with E-state index in [-0.39, 0.29) is 0 Å². The predicted molar refractivity (Wildman–Crippen MR) is 210 cm³/mol. The first-order valence-electron chi connectivity index (χ1n) is 17.8. The summed E-state index contributed by atoms with van der Waals surface area (Å²) in [6, 6.07) is 66.9. The van der Waals surface area contributed by atoms with E-state index >= 15 is 0 Å². The molecule has 52 heavy (non-hydrogen) atoms. The number of ether oxygens (including phenoxy) is 2. The van der Waals surface area contributed by atoms with E-state index in [1.54, 1.807) is 0 Å². The lowest BCUT2D eigenvalue weighted by Gasteiger charge is -2.45. The normalized spacial score (nSPS) is 15.3. The molecule has 1 atom stereocenters. The van der Waals surface area contributed by atoms with E-state index in [1.807, 2.05) is 0 Å². The highest BCUT2D eigenvalue weighted by molar-refractivity contribution is 6.13. The Morgan fingerprint density at radius 1 is 0.365 bits per heavy atom. The molecule has 1 aromatic heterocycles. The van der Waals surface area contributed by atoms with Crippen molar-refractivity contribution < 1.29 is 9.47 Å². The molecule has 2 aliphatic heterocycles. The molecule has 0 saturated heterocycles. The maximum absolute atomic E-state index is 6.93. The summed E-state index contributed by atoms with van der Waals surface area (Å²) in [5.41, 5.74) is 11.7. The molecule has 0 bridgehead atoms. The zero-order chi connectivity index (χ0) is 34.2. The van der Waals surface area contributed by atoms with Gasteiger partial charge in [0.25, 0.3) is 0 Å². The zero-order valence-corrected chi connectivity index (χ0v) is 28.2. The van der Waals surface area contributed by atoms with Crippen LogP contribution in [0.25, 0.3) is 49.7 Å². The lowest BCUT2D eigenvalue weighted by Crippen LogP contribution is -2.36. The van der Waals surface area contributed by atoms with Crippen molar-refractivity contribution in [1.82, 2.24) is 4.57 Å². The summed E-state index contributed by atoms with van der Waals surface area (Å²) >= 11 is 0. The number of fused-ring (bicyclic) bond motifs is 11. The summed E-state index contributed by atoms with van der Waals surface area (Å²) in [6.07, 6.45) is 0. The lowest BCUT2D eigenvalue weighted by atomic mass is 9.62. The van der Waals surface area contributed by atoms with Gasteiger partial charge in [0.05, 0.1) is 16.4 Å². The Balaban J connectivity index is 1.18. The Hall–Kier alpha value is -6.84. The maximum atomic E-state index is 6.93. The molecule has 8 aromatic carbocycles. The summed E-state index contributed by atoms with van der Waals surface area (Å²) in [5, 5.41) is 2.45. The van der Waals surface area contributed by atoms with Gasteiger partial charge in [0, 0.05) is 44.3 Å². The molecule has 0 aliphatic carbocycles. The van der Waals surface area contributed by atoms with E-state index in [4.69, 9.17) is 9.47 Å². The second kappa shape index (κ2) is 11.1. The molecular formula is C49H31NO2. The molecule has 11 rings (SSSR count). The smallest absolute Gasteiger partial charge is 0.132 e. The molecule has 3 nitrogen and oxygen atoms in total. The molecule has 3 heteroatoms. The fourth-order valence-electron chi connectivity index (χ4n) is 8.75. The predicted octanol–water partition coefficient (Wildman–Crippen LogP) is 12.7. The third-order valence-corrected chi connectivity index (χ3v) is 10.9. The Morgan fingerprint density at radius 3 is 1.62 bits per heavy atom. The van der Waals surface area contributed by atoms with E-state index in [9.17, 15) is 0 Å². The van der Waals surface area contributed by atoms with Gasteiger partial charge in [0.1, 0.15) is 23.0 Å². The van der Waals surface area contributed by atoms with Crippen molar-refractivity contribution in [2.24, 2.45) is 0 Å². The first-order chi connectivity index (χ1) is 25.8. The number of hydrogen-bond acceptors (Lipinski definition) is 2. The van der Waals surface area contributed by atoms with Gasteiger partial charge >= 0.3 is 0 Å². The van der Waals surface area contributed by atoms with Crippen LogP contribution < -0.4 is 9.47 Å². The van der Waals surface area contributed by atoms with Crippen LogP contribution in [0.4, 0.5) is 0 Å². The minimum Gasteiger partial charge on any atom is -0.457 e. The van der Waals surface area contributed by atoms with Crippen LogP contribution in [-0.2, 0) is 5.41 Å². The lowest BCUT2D eigenvalue weighted by molar-refractivity contribution is 0.399. The minimum atomic E-state index is -0.660. The first kappa shape index (κ1) is 28.9. The highest BCUT2D eigenvalue weighted by Gasteiger charge is 2.50. The standard InChI is InChI=1S/C49H31NO2/c1-3-14-32(15-4-1)33-26-28-41-46(30-33)51-44-24-11-8-21-39(44)49(41)40-22-9-12-25-45(40)52-47-31-34(27-29-42(47)49)36-19-13-20-38-37-18-7-10-23-43(37)50(48(36)38)35-16-5-2-6-17-35/h1-31H. The van der Waals surface area contributed by atoms with Gasteiger partial charge in [-0.3, -0.25) is 0 Å². The molecule has 0 saturated carbocycles. The topological polar surface area (TPSA) is 23.4 Å². The number of nitrogens with zero attached hydrogens (tertiary/aromatic N) is 1. The fraction of sp³-hybridized carbons (Fsp3) is 0.0204. The number of rotatable bonds is 3. The van der Waals surface area contributed by atoms with E-state index in [0.29, 0.717) is 0 Å². The van der Waals surface area contributed by atoms with Crippen molar-refractivity contribution in [1.29, 1.82) is 0 Å². The van der Waals surface area contributed by atoms with Crippen LogP contribution in [0.2, 0.25) is 0 Å². The quantitative estimate of drug-likeness (QED) is 0.187. The van der Waals surface area contributed by atoms with Gasteiger partial charge in [-0.1, -0.05) is 146 Å². The van der Waals surface area contributed by atoms with Crippen LogP contribution in [0.1, 0.15) is 22.3 Å². The highest BCUT2D eigenvalue weighted by Crippen LogP contribution is 2.62. The number of benzene rings is 8. The van der Waals surface area contributed by atoms with Crippen molar-refractivity contribution >= 4 is 21.8 Å². The molecule has 0 radical (unpaired) electrons. The molecular weight excluding hydrogens is 635 g/mol. The van der Waals surface area contributed by atoms with E-state index in [2.05, 4.69) is 193 Å². The molecule has 0 N–H and O–H groups in total. The Morgan fingerprint density at radius 2 is 0.904 bits per heavy atom. The molecule has 1 spiro atoms. The highest BCUT2D eigenvalue weighted by atomic mass is 16.5. The van der Waals surface area contributed by atoms with Crippen molar-refractivity contribution in [3.8, 4) is 50.9 Å². The molecule has 0 amide bonds. The zero-order valence-electron chi connectivity index (χ0n) is 28.2. The largest absolute Gasteiger partial charge is 0.457 e. The van der Waals surface area contributed by atoms with Crippen LogP contribution >= 0.6 is 0 Å². The first-order valence-corrected chi connectivity index (χ1v) is 17.8. The third kappa shape index (κ3) is 4.02. The van der Waals surface area contributed by atoms with E-state index in [0.717, 1.165) is 73.2 Å². The van der Waals surface area contributed by atoms with Crippen LogP contribution in [0.15, 0.2) is 188 Å². The van der Waals surface area contributed by atoms with Gasteiger partial charge in [0.15, 0.2) is 0 Å². The maximum Gasteiger partial charge on any atom is 0.132 e. The van der Waals surface area contributed by atoms with Crippen LogP contribution in [0, 0.1) is 0 Å². The molecule has 9 aromatic rings. The Kier molecular flexibility index (Phi) is 6.17. The molecule has 244 valence electrons. The van der Waals surface area contributed by atoms with Gasteiger partial charge < -0.3 is 14.0 Å². The summed E-state index contributed by atoms with van der Waals surface area (Å²) in [5.74, 6) is 3.39. The minimum absolute atomic E-state index is 0.660. The van der Waals surface area contributed by atoms with E-state index in [1.165, 1.54) is 21.8 Å². The van der Waals surface area contributed by atoms with Gasteiger partial charge in [-0.05, 0) is 59.2 Å². The molecule has 3 heterocycles. The summed E-state index contributed by atoms with van der Waals surface area (Å²) in [6.45, 7) is 0. The van der Waals surface area contributed by atoms with Gasteiger partial charge in [-0.15, -0.1) is 0 Å². The molecule has 2 aliphatic rings. The third-order valence-electron chi connectivity index (χ3n) is 10.9. The summed E-state index contributed by atoms with van der Waals surface area (Å²) < 4.78 is 16.1. The second-order valence-corrected chi connectivity index (χ2v) is 13.6. The second-order valence-electron chi connectivity index (χ2n) is 13.6. The molecule has 1 unspecified atom stereocenters. The van der Waals surface area contributed by atoms with Crippen molar-refractivity contribution in [3.63, 3.8) is 0 Å². The van der Waals surface area contributed by atoms with Crippen molar-refractivity contribution in [3.05, 3.63) is 210 Å². The monoisotopic (exact) mass is 665 g/mol.